The summed E-state index contributed by atoms with van der Waals surface area (Å²) in [5, 5.41) is 13.7. The predicted octanol–water partition coefficient (Wildman–Crippen LogP) is 1.64. The van der Waals surface area contributed by atoms with Crippen molar-refractivity contribution in [2.75, 3.05) is 6.61 Å². The molecule has 0 amide bonds. The van der Waals surface area contributed by atoms with Crippen molar-refractivity contribution >= 4 is 11.3 Å². The molecule has 2 aromatic heterocycles. The summed E-state index contributed by atoms with van der Waals surface area (Å²) in [5.74, 6) is 1.50. The molecule has 74 valence electrons. The van der Waals surface area contributed by atoms with Crippen molar-refractivity contribution in [1.29, 1.82) is 0 Å². The van der Waals surface area contributed by atoms with Gasteiger partial charge in [0, 0.05) is 4.88 Å². The minimum Gasteiger partial charge on any atom is -0.492 e. The third-order valence-electron chi connectivity index (χ3n) is 1.68. The number of hydrogen-bond donors (Lipinski definition) is 1. The Morgan fingerprint density at radius 2 is 2.43 bits per heavy atom. The Morgan fingerprint density at radius 1 is 1.57 bits per heavy atom. The third-order valence-corrected chi connectivity index (χ3v) is 2.72. The molecule has 6 heteroatoms. The minimum atomic E-state index is 0.644. The fourth-order valence-corrected chi connectivity index (χ4v) is 2.06. The molecule has 2 heterocycles. The van der Waals surface area contributed by atoms with Gasteiger partial charge in [0.05, 0.1) is 6.61 Å². The Labute approximate surface area is 85.1 Å². The zero-order valence-electron chi connectivity index (χ0n) is 7.94. The van der Waals surface area contributed by atoms with E-state index in [9.17, 15) is 0 Å². The highest BCUT2D eigenvalue weighted by molar-refractivity contribution is 7.15. The molecule has 0 spiro atoms. The van der Waals surface area contributed by atoms with Gasteiger partial charge in [0.1, 0.15) is 10.6 Å². The lowest BCUT2D eigenvalue weighted by Gasteiger charge is -2.00. The summed E-state index contributed by atoms with van der Waals surface area (Å²) >= 11 is 1.61. The van der Waals surface area contributed by atoms with Gasteiger partial charge in [-0.2, -0.15) is 0 Å². The zero-order valence-corrected chi connectivity index (χ0v) is 8.76. The standard InChI is InChI=1S/C8H10N4OS/c1-3-13-6-4-5(2)14-7(6)8-9-11-12-10-8/h4H,3H2,1-2H3,(H,9,10,11,12). The quantitative estimate of drug-likeness (QED) is 0.836. The van der Waals surface area contributed by atoms with Crippen molar-refractivity contribution in [2.24, 2.45) is 0 Å². The summed E-state index contributed by atoms with van der Waals surface area (Å²) in [6.07, 6.45) is 0. The maximum Gasteiger partial charge on any atom is 0.193 e. The first-order valence-corrected chi connectivity index (χ1v) is 5.10. The van der Waals surface area contributed by atoms with Crippen LogP contribution in [0.3, 0.4) is 0 Å². The Bertz CT molecular complexity index is 409. The largest absolute Gasteiger partial charge is 0.492 e. The van der Waals surface area contributed by atoms with Crippen molar-refractivity contribution in [3.8, 4) is 16.5 Å². The topological polar surface area (TPSA) is 63.7 Å². The van der Waals surface area contributed by atoms with Crippen LogP contribution >= 0.6 is 11.3 Å². The van der Waals surface area contributed by atoms with Gasteiger partial charge in [-0.15, -0.1) is 16.4 Å². The molecule has 0 saturated carbocycles. The van der Waals surface area contributed by atoms with Crippen LogP contribution < -0.4 is 4.74 Å². The SMILES string of the molecule is CCOc1cc(C)sc1-c1nnn[nH]1. The minimum absolute atomic E-state index is 0.644. The number of aromatic nitrogens is 4. The van der Waals surface area contributed by atoms with Gasteiger partial charge in [0.15, 0.2) is 5.82 Å². The van der Waals surface area contributed by atoms with Crippen LogP contribution in [0.25, 0.3) is 10.7 Å². The molecule has 0 aromatic carbocycles. The second kappa shape index (κ2) is 3.75. The molecular weight excluding hydrogens is 200 g/mol. The zero-order chi connectivity index (χ0) is 9.97. The number of tetrazole rings is 1. The van der Waals surface area contributed by atoms with E-state index >= 15 is 0 Å². The van der Waals surface area contributed by atoms with Crippen molar-refractivity contribution in [2.45, 2.75) is 13.8 Å². The van der Waals surface area contributed by atoms with Crippen molar-refractivity contribution in [3.63, 3.8) is 0 Å². The van der Waals surface area contributed by atoms with E-state index in [4.69, 9.17) is 4.74 Å². The number of rotatable bonds is 3. The van der Waals surface area contributed by atoms with E-state index in [2.05, 4.69) is 20.6 Å². The average molecular weight is 210 g/mol. The van der Waals surface area contributed by atoms with Crippen LogP contribution in [0.4, 0.5) is 0 Å². The third kappa shape index (κ3) is 1.60. The molecule has 0 aliphatic rings. The molecule has 0 fully saturated rings. The predicted molar refractivity (Wildman–Crippen MR) is 53.4 cm³/mol. The lowest BCUT2D eigenvalue weighted by atomic mass is 10.4. The van der Waals surface area contributed by atoms with Gasteiger partial charge in [-0.3, -0.25) is 0 Å². The van der Waals surface area contributed by atoms with Gasteiger partial charge >= 0.3 is 0 Å². The number of hydrogen-bond acceptors (Lipinski definition) is 5. The fraction of sp³-hybridized carbons (Fsp3) is 0.375. The lowest BCUT2D eigenvalue weighted by molar-refractivity contribution is 0.342. The van der Waals surface area contributed by atoms with Gasteiger partial charge < -0.3 is 4.74 Å². The van der Waals surface area contributed by atoms with E-state index < -0.39 is 0 Å². The van der Waals surface area contributed by atoms with Crippen molar-refractivity contribution in [1.82, 2.24) is 20.6 Å². The summed E-state index contributed by atoms with van der Waals surface area (Å²) in [6, 6.07) is 1.99. The molecule has 0 unspecified atom stereocenters. The van der Waals surface area contributed by atoms with E-state index in [0.29, 0.717) is 12.4 Å². The number of nitrogens with one attached hydrogen (secondary N) is 1. The highest BCUT2D eigenvalue weighted by Gasteiger charge is 2.13. The molecule has 5 nitrogen and oxygen atoms in total. The maximum atomic E-state index is 5.48. The molecule has 1 N–H and O–H groups in total. The van der Waals surface area contributed by atoms with Gasteiger partial charge in [-0.1, -0.05) is 0 Å². The number of H-pyrrole nitrogens is 1. The monoisotopic (exact) mass is 210 g/mol. The second-order valence-electron chi connectivity index (χ2n) is 2.73. The first-order valence-electron chi connectivity index (χ1n) is 4.28. The maximum absolute atomic E-state index is 5.48. The van der Waals surface area contributed by atoms with E-state index in [0.717, 1.165) is 10.6 Å². The van der Waals surface area contributed by atoms with Crippen LogP contribution in [0, 0.1) is 6.92 Å². The number of thiophene rings is 1. The average Bonchev–Trinajstić information content (AvgIpc) is 2.74. The molecule has 0 radical (unpaired) electrons. The highest BCUT2D eigenvalue weighted by atomic mass is 32.1. The highest BCUT2D eigenvalue weighted by Crippen LogP contribution is 2.35. The molecule has 0 aliphatic heterocycles. The van der Waals surface area contributed by atoms with Crippen molar-refractivity contribution < 1.29 is 4.74 Å². The molecule has 2 aromatic rings. The number of nitrogens with zero attached hydrogens (tertiary/aromatic N) is 3. The van der Waals surface area contributed by atoms with Gasteiger partial charge in [-0.25, -0.2) is 5.10 Å². The lowest BCUT2D eigenvalue weighted by Crippen LogP contribution is -1.91. The van der Waals surface area contributed by atoms with Gasteiger partial charge in [0.2, 0.25) is 0 Å². The number of aryl methyl sites for hydroxylation is 1. The molecule has 0 atom stereocenters. The molecular formula is C8H10N4OS. The Hall–Kier alpha value is -1.43. The number of aromatic amines is 1. The van der Waals surface area contributed by atoms with Crippen LogP contribution in [0.1, 0.15) is 11.8 Å². The van der Waals surface area contributed by atoms with E-state index in [1.165, 1.54) is 4.88 Å². The van der Waals surface area contributed by atoms with Crippen LogP contribution in [0.2, 0.25) is 0 Å². The van der Waals surface area contributed by atoms with Crippen molar-refractivity contribution in [3.05, 3.63) is 10.9 Å². The fourth-order valence-electron chi connectivity index (χ4n) is 1.17. The van der Waals surface area contributed by atoms with Crippen LogP contribution in [0.15, 0.2) is 6.07 Å². The summed E-state index contributed by atoms with van der Waals surface area (Å²) < 4.78 is 5.48. The van der Waals surface area contributed by atoms with E-state index in [1.54, 1.807) is 11.3 Å². The summed E-state index contributed by atoms with van der Waals surface area (Å²) in [6.45, 7) is 4.63. The number of ether oxygens (including phenoxy) is 1. The molecule has 14 heavy (non-hydrogen) atoms. The molecule has 0 saturated heterocycles. The smallest absolute Gasteiger partial charge is 0.193 e. The van der Waals surface area contributed by atoms with Crippen LogP contribution in [0.5, 0.6) is 5.75 Å². The van der Waals surface area contributed by atoms with E-state index in [-0.39, 0.29) is 0 Å². The van der Waals surface area contributed by atoms with Gasteiger partial charge in [-0.05, 0) is 30.3 Å². The normalized spacial score (nSPS) is 10.4. The molecule has 0 bridgehead atoms. The Balaban J connectivity index is 2.41. The van der Waals surface area contributed by atoms with Crippen LogP contribution in [-0.4, -0.2) is 27.2 Å². The Morgan fingerprint density at radius 3 is 3.07 bits per heavy atom. The summed E-state index contributed by atoms with van der Waals surface area (Å²) in [7, 11) is 0. The summed E-state index contributed by atoms with van der Waals surface area (Å²) in [4.78, 5) is 2.13. The van der Waals surface area contributed by atoms with Gasteiger partial charge in [0.25, 0.3) is 0 Å². The van der Waals surface area contributed by atoms with Crippen LogP contribution in [-0.2, 0) is 0 Å². The first-order chi connectivity index (χ1) is 6.81. The van der Waals surface area contributed by atoms with E-state index in [1.807, 2.05) is 19.9 Å². The second-order valence-corrected chi connectivity index (χ2v) is 3.99. The molecule has 2 rings (SSSR count). The Kier molecular flexibility index (Phi) is 2.45. The first kappa shape index (κ1) is 9.14. The molecule has 0 aliphatic carbocycles. The summed E-state index contributed by atoms with van der Waals surface area (Å²) in [5.41, 5.74) is 0.